The Balaban J connectivity index is 3.27. The number of aliphatic carboxylic acids is 1. The fourth-order valence-electron chi connectivity index (χ4n) is 0.301. The highest BCUT2D eigenvalue weighted by Crippen LogP contribution is 2.09. The summed E-state index contributed by atoms with van der Waals surface area (Å²) < 4.78 is 0. The minimum absolute atomic E-state index is 0.294. The summed E-state index contributed by atoms with van der Waals surface area (Å²) in [5, 5.41) is 8.07. The average molecular weight is 166 g/mol. The van der Waals surface area contributed by atoms with E-state index < -0.39 is 5.97 Å². The zero-order valence-corrected chi connectivity index (χ0v) is 6.91. The van der Waals surface area contributed by atoms with Crippen LogP contribution in [0.25, 0.3) is 0 Å². The molecule has 4 heteroatoms. The van der Waals surface area contributed by atoms with Crippen LogP contribution in [0.3, 0.4) is 0 Å². The molecule has 54 valence electrons. The van der Waals surface area contributed by atoms with Crippen molar-refractivity contribution in [1.29, 1.82) is 0 Å². The molecule has 0 spiro atoms. The summed E-state index contributed by atoms with van der Waals surface area (Å²) in [6.45, 7) is 1.68. The lowest BCUT2D eigenvalue weighted by atomic mass is 10.5. The molecule has 0 heterocycles. The number of hydrogen-bond acceptors (Lipinski definition) is 3. The maximum atomic E-state index is 10.2. The van der Waals surface area contributed by atoms with Crippen molar-refractivity contribution < 1.29 is 9.90 Å². The van der Waals surface area contributed by atoms with Gasteiger partial charge in [-0.05, 0) is 12.7 Å². The number of thiol groups is 1. The molecule has 1 atom stereocenters. The number of carboxylic acids is 1. The molecular weight excluding hydrogens is 156 g/mol. The van der Waals surface area contributed by atoms with Gasteiger partial charge in [0.1, 0.15) is 0 Å². The van der Waals surface area contributed by atoms with Crippen LogP contribution >= 0.6 is 24.4 Å². The fourth-order valence-corrected chi connectivity index (χ4v) is 1.22. The minimum Gasteiger partial charge on any atom is -0.480 e. The Morgan fingerprint density at radius 2 is 2.44 bits per heavy atom. The largest absolute Gasteiger partial charge is 0.480 e. The van der Waals surface area contributed by atoms with Crippen molar-refractivity contribution in [1.82, 2.24) is 0 Å². The zero-order chi connectivity index (χ0) is 7.28. The number of hydrogen-bond donors (Lipinski definition) is 2. The van der Waals surface area contributed by atoms with E-state index in [1.165, 1.54) is 11.8 Å². The van der Waals surface area contributed by atoms with E-state index in [2.05, 4.69) is 12.6 Å². The number of rotatable bonds is 4. The molecule has 9 heavy (non-hydrogen) atoms. The SMILES string of the molecule is CC(SCCS)C(=O)O. The second-order valence-electron chi connectivity index (χ2n) is 1.57. The first-order valence-corrected chi connectivity index (χ1v) is 4.32. The molecule has 0 aromatic rings. The fraction of sp³-hybridized carbons (Fsp3) is 0.800. The van der Waals surface area contributed by atoms with E-state index in [0.29, 0.717) is 0 Å². The number of carbonyl (C=O) groups is 1. The maximum absolute atomic E-state index is 10.2. The normalized spacial score (nSPS) is 13.1. The van der Waals surface area contributed by atoms with Crippen LogP contribution in [0.2, 0.25) is 0 Å². The molecule has 0 aliphatic carbocycles. The van der Waals surface area contributed by atoms with Gasteiger partial charge in [0.2, 0.25) is 0 Å². The standard InChI is InChI=1S/C5H10O2S2/c1-4(5(6)7)9-3-2-8/h4,8H,2-3H2,1H3,(H,6,7). The maximum Gasteiger partial charge on any atom is 0.316 e. The van der Waals surface area contributed by atoms with Gasteiger partial charge in [-0.2, -0.15) is 12.6 Å². The molecule has 1 unspecified atom stereocenters. The molecular formula is C5H10O2S2. The van der Waals surface area contributed by atoms with Crippen LogP contribution < -0.4 is 0 Å². The average Bonchev–Trinajstić information content (AvgIpc) is 1.82. The van der Waals surface area contributed by atoms with Gasteiger partial charge in [-0.25, -0.2) is 0 Å². The van der Waals surface area contributed by atoms with Gasteiger partial charge >= 0.3 is 5.97 Å². The molecule has 0 radical (unpaired) electrons. The summed E-state index contributed by atoms with van der Waals surface area (Å²) in [7, 11) is 0. The van der Waals surface area contributed by atoms with Crippen molar-refractivity contribution in [2.45, 2.75) is 12.2 Å². The van der Waals surface area contributed by atoms with Gasteiger partial charge in [0.15, 0.2) is 0 Å². The lowest BCUT2D eigenvalue weighted by Crippen LogP contribution is -2.12. The van der Waals surface area contributed by atoms with E-state index in [4.69, 9.17) is 5.11 Å². The summed E-state index contributed by atoms with van der Waals surface area (Å²) in [6, 6.07) is 0. The first-order valence-electron chi connectivity index (χ1n) is 2.63. The second-order valence-corrected chi connectivity index (χ2v) is 3.47. The molecule has 0 aromatic heterocycles. The Kier molecular flexibility index (Phi) is 5.09. The molecule has 0 aromatic carbocycles. The summed E-state index contributed by atoms with van der Waals surface area (Å²) in [5.74, 6) is 0.792. The highest BCUT2D eigenvalue weighted by atomic mass is 32.2. The Morgan fingerprint density at radius 1 is 1.89 bits per heavy atom. The topological polar surface area (TPSA) is 37.3 Å². The van der Waals surface area contributed by atoms with Gasteiger partial charge in [0.25, 0.3) is 0 Å². The molecule has 0 aliphatic heterocycles. The van der Waals surface area contributed by atoms with Crippen LogP contribution in [0.4, 0.5) is 0 Å². The Hall–Kier alpha value is 0.170. The van der Waals surface area contributed by atoms with Crippen molar-refractivity contribution in [2.75, 3.05) is 11.5 Å². The van der Waals surface area contributed by atoms with Gasteiger partial charge in [-0.1, -0.05) is 0 Å². The zero-order valence-electron chi connectivity index (χ0n) is 5.20. The summed E-state index contributed by atoms with van der Waals surface area (Å²) in [5.41, 5.74) is 0. The molecule has 0 aliphatic rings. The number of thioether (sulfide) groups is 1. The van der Waals surface area contributed by atoms with Gasteiger partial charge < -0.3 is 5.11 Å². The van der Waals surface area contributed by atoms with Gasteiger partial charge in [0, 0.05) is 5.75 Å². The van der Waals surface area contributed by atoms with E-state index in [0.717, 1.165) is 11.5 Å². The smallest absolute Gasteiger partial charge is 0.316 e. The first-order chi connectivity index (χ1) is 4.18. The quantitative estimate of drug-likeness (QED) is 0.615. The van der Waals surface area contributed by atoms with Crippen molar-refractivity contribution in [3.8, 4) is 0 Å². The van der Waals surface area contributed by atoms with Crippen LogP contribution in [-0.2, 0) is 4.79 Å². The second kappa shape index (κ2) is 4.99. The third kappa shape index (κ3) is 4.66. The summed E-state index contributed by atoms with van der Waals surface area (Å²) in [4.78, 5) is 10.2. The summed E-state index contributed by atoms with van der Waals surface area (Å²) in [6.07, 6.45) is 0. The van der Waals surface area contributed by atoms with Crippen molar-refractivity contribution in [3.05, 3.63) is 0 Å². The molecule has 1 N–H and O–H groups in total. The highest BCUT2D eigenvalue weighted by molar-refractivity contribution is 8.01. The Morgan fingerprint density at radius 3 is 2.78 bits per heavy atom. The van der Waals surface area contributed by atoms with E-state index in [1.807, 2.05) is 0 Å². The lowest BCUT2D eigenvalue weighted by molar-refractivity contribution is -0.136. The van der Waals surface area contributed by atoms with Crippen molar-refractivity contribution in [2.24, 2.45) is 0 Å². The molecule has 0 amide bonds. The van der Waals surface area contributed by atoms with Crippen LogP contribution in [0.15, 0.2) is 0 Å². The predicted octanol–water partition coefficient (Wildman–Crippen LogP) is 1.12. The van der Waals surface area contributed by atoms with Gasteiger partial charge in [-0.15, -0.1) is 11.8 Å². The van der Waals surface area contributed by atoms with Crippen LogP contribution in [-0.4, -0.2) is 27.8 Å². The molecule has 0 fully saturated rings. The van der Waals surface area contributed by atoms with E-state index >= 15 is 0 Å². The van der Waals surface area contributed by atoms with Crippen molar-refractivity contribution >= 4 is 30.4 Å². The van der Waals surface area contributed by atoms with Crippen LogP contribution in [0.5, 0.6) is 0 Å². The Labute approximate surface area is 64.4 Å². The third-order valence-electron chi connectivity index (χ3n) is 0.807. The monoisotopic (exact) mass is 166 g/mol. The summed E-state index contributed by atoms with van der Waals surface area (Å²) >= 11 is 5.36. The first kappa shape index (κ1) is 9.17. The molecule has 0 saturated heterocycles. The third-order valence-corrected chi connectivity index (χ3v) is 2.47. The van der Waals surface area contributed by atoms with Crippen LogP contribution in [0.1, 0.15) is 6.92 Å². The van der Waals surface area contributed by atoms with Crippen molar-refractivity contribution in [3.63, 3.8) is 0 Å². The van der Waals surface area contributed by atoms with E-state index in [9.17, 15) is 4.79 Å². The van der Waals surface area contributed by atoms with E-state index in [-0.39, 0.29) is 5.25 Å². The van der Waals surface area contributed by atoms with Crippen LogP contribution in [0, 0.1) is 0 Å². The minimum atomic E-state index is -0.748. The van der Waals surface area contributed by atoms with Gasteiger partial charge in [0.05, 0.1) is 5.25 Å². The molecule has 0 bridgehead atoms. The van der Waals surface area contributed by atoms with Gasteiger partial charge in [-0.3, -0.25) is 4.79 Å². The highest BCUT2D eigenvalue weighted by Gasteiger charge is 2.08. The molecule has 2 nitrogen and oxygen atoms in total. The van der Waals surface area contributed by atoms with E-state index in [1.54, 1.807) is 6.92 Å². The molecule has 0 rings (SSSR count). The number of carboxylic acid groups (broad SMARTS) is 1. The lowest BCUT2D eigenvalue weighted by Gasteiger charge is -2.01. The molecule has 0 saturated carbocycles. The Bertz CT molecular complexity index is 95.0. The predicted molar refractivity (Wildman–Crippen MR) is 43.4 cm³/mol.